The van der Waals surface area contributed by atoms with Crippen molar-refractivity contribution in [3.05, 3.63) is 29.3 Å². The topological polar surface area (TPSA) is 44.5 Å². The summed E-state index contributed by atoms with van der Waals surface area (Å²) >= 11 is 0. The summed E-state index contributed by atoms with van der Waals surface area (Å²) < 4.78 is 10.5. The molecule has 0 aromatic heterocycles. The zero-order valence-electron chi connectivity index (χ0n) is 10.8. The summed E-state index contributed by atoms with van der Waals surface area (Å²) in [5.41, 5.74) is 8.88. The fraction of sp³-hybridized carbons (Fsp3) is 0.571. The first-order valence-corrected chi connectivity index (χ1v) is 6.07. The zero-order chi connectivity index (χ0) is 12.5. The van der Waals surface area contributed by atoms with Crippen LogP contribution in [0.1, 0.15) is 24.5 Å². The lowest BCUT2D eigenvalue weighted by molar-refractivity contribution is 0.114. The second kappa shape index (κ2) is 4.67. The fourth-order valence-electron chi connectivity index (χ4n) is 2.72. The summed E-state index contributed by atoms with van der Waals surface area (Å²) in [7, 11) is 3.41. The van der Waals surface area contributed by atoms with Gasteiger partial charge in [-0.05, 0) is 36.1 Å². The average molecular weight is 235 g/mol. The van der Waals surface area contributed by atoms with Crippen molar-refractivity contribution in [2.24, 2.45) is 11.7 Å². The molecule has 0 aliphatic heterocycles. The Hall–Kier alpha value is -1.06. The van der Waals surface area contributed by atoms with Crippen molar-refractivity contribution in [3.63, 3.8) is 0 Å². The third kappa shape index (κ3) is 2.05. The highest BCUT2D eigenvalue weighted by molar-refractivity contribution is 5.44. The first kappa shape index (κ1) is 12.4. The van der Waals surface area contributed by atoms with Crippen molar-refractivity contribution in [1.29, 1.82) is 0 Å². The number of methoxy groups -OCH3 is 2. The van der Waals surface area contributed by atoms with Gasteiger partial charge in [-0.25, -0.2) is 0 Å². The first-order chi connectivity index (χ1) is 8.11. The summed E-state index contributed by atoms with van der Waals surface area (Å²) in [4.78, 5) is 0. The number of aryl methyl sites for hydroxylation is 1. The molecule has 1 aliphatic rings. The maximum atomic E-state index is 6.59. The predicted octanol–water partition coefficient (Wildman–Crippen LogP) is 2.08. The summed E-state index contributed by atoms with van der Waals surface area (Å²) in [5, 5.41) is 0. The molecule has 0 fully saturated rings. The maximum absolute atomic E-state index is 6.59. The molecule has 0 saturated carbocycles. The lowest BCUT2D eigenvalue weighted by Crippen LogP contribution is -2.42. The van der Waals surface area contributed by atoms with Crippen LogP contribution < -0.4 is 10.5 Å². The Morgan fingerprint density at radius 3 is 2.82 bits per heavy atom. The Morgan fingerprint density at radius 1 is 1.41 bits per heavy atom. The van der Waals surface area contributed by atoms with Crippen LogP contribution in [0.15, 0.2) is 18.2 Å². The van der Waals surface area contributed by atoms with Gasteiger partial charge < -0.3 is 15.2 Å². The van der Waals surface area contributed by atoms with E-state index in [1.165, 1.54) is 11.1 Å². The van der Waals surface area contributed by atoms with Crippen LogP contribution in [0, 0.1) is 5.92 Å². The van der Waals surface area contributed by atoms with Crippen LogP contribution in [0.4, 0.5) is 0 Å². The standard InChI is InChI=1S/C14H21NO2/c1-10(9-16-2)14(15)7-6-11-4-5-12(17-3)8-13(11)14/h4-5,8,10H,6-7,9,15H2,1-3H3. The number of rotatable bonds is 4. The van der Waals surface area contributed by atoms with Crippen molar-refractivity contribution in [3.8, 4) is 5.75 Å². The number of ether oxygens (including phenoxy) is 2. The third-order valence-corrected chi connectivity index (χ3v) is 3.92. The van der Waals surface area contributed by atoms with E-state index < -0.39 is 0 Å². The lowest BCUT2D eigenvalue weighted by atomic mass is 9.81. The zero-order valence-corrected chi connectivity index (χ0v) is 10.8. The molecule has 3 nitrogen and oxygen atoms in total. The van der Waals surface area contributed by atoms with Crippen LogP contribution >= 0.6 is 0 Å². The molecule has 94 valence electrons. The summed E-state index contributed by atoms with van der Waals surface area (Å²) in [6, 6.07) is 6.21. The molecule has 2 atom stereocenters. The molecule has 1 aromatic rings. The molecule has 2 rings (SSSR count). The predicted molar refractivity (Wildman–Crippen MR) is 68.2 cm³/mol. The van der Waals surface area contributed by atoms with E-state index >= 15 is 0 Å². The van der Waals surface area contributed by atoms with E-state index in [0.29, 0.717) is 12.5 Å². The average Bonchev–Trinajstić information content (AvgIpc) is 2.68. The second-order valence-electron chi connectivity index (χ2n) is 4.92. The molecule has 0 amide bonds. The smallest absolute Gasteiger partial charge is 0.119 e. The van der Waals surface area contributed by atoms with Crippen molar-refractivity contribution in [2.75, 3.05) is 20.8 Å². The fourth-order valence-corrected chi connectivity index (χ4v) is 2.72. The maximum Gasteiger partial charge on any atom is 0.119 e. The van der Waals surface area contributed by atoms with Crippen LogP contribution in [-0.2, 0) is 16.7 Å². The van der Waals surface area contributed by atoms with Crippen LogP contribution in [0.5, 0.6) is 5.75 Å². The Balaban J connectivity index is 2.36. The molecule has 1 aliphatic carbocycles. The van der Waals surface area contributed by atoms with E-state index in [2.05, 4.69) is 19.1 Å². The van der Waals surface area contributed by atoms with Gasteiger partial charge in [-0.2, -0.15) is 0 Å². The molecule has 0 radical (unpaired) electrons. The van der Waals surface area contributed by atoms with E-state index in [9.17, 15) is 0 Å². The summed E-state index contributed by atoms with van der Waals surface area (Å²) in [5.74, 6) is 1.19. The third-order valence-electron chi connectivity index (χ3n) is 3.92. The summed E-state index contributed by atoms with van der Waals surface area (Å²) in [6.07, 6.45) is 2.03. The molecule has 1 aromatic carbocycles. The molecule has 2 unspecified atom stereocenters. The Morgan fingerprint density at radius 2 is 2.18 bits per heavy atom. The van der Waals surface area contributed by atoms with E-state index in [-0.39, 0.29) is 5.54 Å². The Bertz CT molecular complexity index is 405. The van der Waals surface area contributed by atoms with Gasteiger partial charge in [0.25, 0.3) is 0 Å². The van der Waals surface area contributed by atoms with Crippen LogP contribution in [0.3, 0.4) is 0 Å². The van der Waals surface area contributed by atoms with Gasteiger partial charge in [-0.3, -0.25) is 0 Å². The second-order valence-corrected chi connectivity index (χ2v) is 4.92. The summed E-state index contributed by atoms with van der Waals surface area (Å²) in [6.45, 7) is 2.84. The first-order valence-electron chi connectivity index (χ1n) is 6.07. The largest absolute Gasteiger partial charge is 0.497 e. The van der Waals surface area contributed by atoms with Gasteiger partial charge in [0.1, 0.15) is 5.75 Å². The number of hydrogen-bond donors (Lipinski definition) is 1. The van der Waals surface area contributed by atoms with Crippen molar-refractivity contribution in [2.45, 2.75) is 25.3 Å². The van der Waals surface area contributed by atoms with Crippen molar-refractivity contribution >= 4 is 0 Å². The molecular weight excluding hydrogens is 214 g/mol. The lowest BCUT2D eigenvalue weighted by Gasteiger charge is -2.32. The molecule has 17 heavy (non-hydrogen) atoms. The Labute approximate surface area is 103 Å². The minimum atomic E-state index is -0.278. The van der Waals surface area contributed by atoms with Gasteiger partial charge in [0.15, 0.2) is 0 Å². The number of benzene rings is 1. The molecule has 0 heterocycles. The van der Waals surface area contributed by atoms with E-state index in [1.54, 1.807) is 14.2 Å². The normalized spacial score (nSPS) is 24.5. The van der Waals surface area contributed by atoms with E-state index in [1.807, 2.05) is 6.07 Å². The quantitative estimate of drug-likeness (QED) is 0.869. The van der Waals surface area contributed by atoms with Gasteiger partial charge in [0, 0.05) is 18.6 Å². The molecular formula is C14H21NO2. The van der Waals surface area contributed by atoms with Gasteiger partial charge >= 0.3 is 0 Å². The highest BCUT2D eigenvalue weighted by Gasteiger charge is 2.39. The van der Waals surface area contributed by atoms with Gasteiger partial charge in [0.05, 0.1) is 13.7 Å². The molecule has 0 spiro atoms. The molecule has 0 saturated heterocycles. The molecule has 0 bridgehead atoms. The highest BCUT2D eigenvalue weighted by atomic mass is 16.5. The van der Waals surface area contributed by atoms with Gasteiger partial charge in [0.2, 0.25) is 0 Å². The minimum Gasteiger partial charge on any atom is -0.497 e. The van der Waals surface area contributed by atoms with Crippen LogP contribution in [0.2, 0.25) is 0 Å². The number of nitrogens with two attached hydrogens (primary N) is 1. The monoisotopic (exact) mass is 235 g/mol. The molecule has 3 heteroatoms. The van der Waals surface area contributed by atoms with E-state index in [4.69, 9.17) is 15.2 Å². The minimum absolute atomic E-state index is 0.278. The Kier molecular flexibility index (Phi) is 3.40. The highest BCUT2D eigenvalue weighted by Crippen LogP contribution is 2.41. The van der Waals surface area contributed by atoms with Gasteiger partial charge in [-0.15, -0.1) is 0 Å². The van der Waals surface area contributed by atoms with Crippen LogP contribution in [-0.4, -0.2) is 20.8 Å². The van der Waals surface area contributed by atoms with Crippen molar-refractivity contribution in [1.82, 2.24) is 0 Å². The van der Waals surface area contributed by atoms with Gasteiger partial charge in [-0.1, -0.05) is 13.0 Å². The van der Waals surface area contributed by atoms with Crippen molar-refractivity contribution < 1.29 is 9.47 Å². The number of fused-ring (bicyclic) bond motifs is 1. The SMILES string of the molecule is COCC(C)C1(N)CCc2ccc(OC)cc21. The van der Waals surface area contributed by atoms with Crippen LogP contribution in [0.25, 0.3) is 0 Å². The van der Waals surface area contributed by atoms with E-state index in [0.717, 1.165) is 18.6 Å². The number of hydrogen-bond acceptors (Lipinski definition) is 3. The molecule has 2 N–H and O–H groups in total.